The first kappa shape index (κ1) is 18.8. The molecule has 1 heterocycles. The summed E-state index contributed by atoms with van der Waals surface area (Å²) < 4.78 is 7.58. The predicted octanol–water partition coefficient (Wildman–Crippen LogP) is 2.81. The highest BCUT2D eigenvalue weighted by Crippen LogP contribution is 2.26. The summed E-state index contributed by atoms with van der Waals surface area (Å²) in [6, 6.07) is 5.27. The Bertz CT molecular complexity index is 635. The second-order valence-electron chi connectivity index (χ2n) is 4.19. The van der Waals surface area contributed by atoms with Crippen LogP contribution < -0.4 is 4.74 Å². The topological polar surface area (TPSA) is 102 Å². The maximum atomic E-state index is 9.10. The van der Waals surface area contributed by atoms with Crippen molar-refractivity contribution in [2.24, 2.45) is 0 Å². The molecule has 2 rings (SSSR count). The van der Waals surface area contributed by atoms with E-state index in [-0.39, 0.29) is 0 Å². The molecule has 124 valence electrons. The lowest BCUT2D eigenvalue weighted by molar-refractivity contribution is -0.159. The molecule has 0 amide bonds. The minimum absolute atomic E-state index is 0.513. The number of hydrogen-bond acceptors (Lipinski definition) is 4. The van der Waals surface area contributed by atoms with Crippen LogP contribution in [0.3, 0.4) is 0 Å². The maximum absolute atomic E-state index is 9.10. The molecule has 9 heteroatoms. The number of carboxylic acids is 2. The number of carbonyl (C=O) groups is 2. The minimum Gasteiger partial charge on any atom is -0.493 e. The molecule has 0 radical (unpaired) electrons. The Morgan fingerprint density at radius 2 is 1.87 bits per heavy atom. The van der Waals surface area contributed by atoms with Crippen LogP contribution >= 0.6 is 23.2 Å². The Morgan fingerprint density at radius 1 is 1.17 bits per heavy atom. The lowest BCUT2D eigenvalue weighted by Gasteiger charge is -2.07. The molecule has 0 bridgehead atoms. The number of nitrogens with zero attached hydrogens (tertiary/aromatic N) is 2. The first-order valence-electron chi connectivity index (χ1n) is 6.40. The van der Waals surface area contributed by atoms with Crippen LogP contribution in [0, 0.1) is 0 Å². The molecule has 0 aliphatic rings. The van der Waals surface area contributed by atoms with E-state index in [9.17, 15) is 0 Å². The van der Waals surface area contributed by atoms with Gasteiger partial charge in [0, 0.05) is 25.0 Å². The number of aryl methyl sites for hydroxylation is 1. The summed E-state index contributed by atoms with van der Waals surface area (Å²) in [5.41, 5.74) is 0. The van der Waals surface area contributed by atoms with Crippen LogP contribution in [0.2, 0.25) is 10.0 Å². The third-order valence-electron chi connectivity index (χ3n) is 2.46. The summed E-state index contributed by atoms with van der Waals surface area (Å²) >= 11 is 11.7. The van der Waals surface area contributed by atoms with Crippen LogP contribution in [0.15, 0.2) is 36.9 Å². The molecule has 2 aromatic rings. The third kappa shape index (κ3) is 7.53. The quantitative estimate of drug-likeness (QED) is 0.627. The fourth-order valence-corrected chi connectivity index (χ4v) is 1.71. The number of aromatic nitrogens is 2. The maximum Gasteiger partial charge on any atom is 0.414 e. The van der Waals surface area contributed by atoms with E-state index in [1.54, 1.807) is 24.7 Å². The van der Waals surface area contributed by atoms with Gasteiger partial charge in [-0.1, -0.05) is 23.2 Å². The fraction of sp³-hybridized carbons (Fsp3) is 0.214. The third-order valence-corrected chi connectivity index (χ3v) is 3.20. The van der Waals surface area contributed by atoms with Crippen LogP contribution in [0.4, 0.5) is 0 Å². The van der Waals surface area contributed by atoms with Gasteiger partial charge in [0.15, 0.2) is 0 Å². The van der Waals surface area contributed by atoms with Crippen molar-refractivity contribution in [3.05, 3.63) is 47.0 Å². The fourth-order valence-electron chi connectivity index (χ4n) is 1.42. The van der Waals surface area contributed by atoms with Gasteiger partial charge in [-0.2, -0.15) is 0 Å². The number of rotatable bonds is 5. The number of aliphatic carboxylic acids is 2. The number of benzene rings is 1. The summed E-state index contributed by atoms with van der Waals surface area (Å²) in [4.78, 5) is 22.2. The molecule has 23 heavy (non-hydrogen) atoms. The Hall–Kier alpha value is -2.25. The van der Waals surface area contributed by atoms with Crippen LogP contribution in [-0.4, -0.2) is 38.3 Å². The van der Waals surface area contributed by atoms with Crippen molar-refractivity contribution in [3.63, 3.8) is 0 Å². The average Bonchev–Trinajstić information content (AvgIpc) is 3.01. The molecule has 0 fully saturated rings. The first-order valence-corrected chi connectivity index (χ1v) is 7.15. The zero-order valence-electron chi connectivity index (χ0n) is 11.9. The molecule has 1 aromatic heterocycles. The van der Waals surface area contributed by atoms with Gasteiger partial charge in [0.05, 0.1) is 23.0 Å². The van der Waals surface area contributed by atoms with E-state index in [1.807, 2.05) is 16.8 Å². The standard InChI is InChI=1S/C12H12Cl2N2O.C2H2O4/c13-11-3-2-10(8-12(11)14)17-7-1-5-16-6-4-15-9-16;3-1(4)2(5)6/h2-4,6,8-9H,1,5,7H2;(H,3,4)(H,5,6). The molecule has 0 atom stereocenters. The van der Waals surface area contributed by atoms with Crippen molar-refractivity contribution in [2.75, 3.05) is 6.61 Å². The van der Waals surface area contributed by atoms with Gasteiger partial charge in [0.2, 0.25) is 0 Å². The lowest BCUT2D eigenvalue weighted by Crippen LogP contribution is -2.09. The average molecular weight is 361 g/mol. The highest BCUT2D eigenvalue weighted by atomic mass is 35.5. The van der Waals surface area contributed by atoms with Gasteiger partial charge >= 0.3 is 11.9 Å². The number of ether oxygens (including phenoxy) is 1. The van der Waals surface area contributed by atoms with E-state index >= 15 is 0 Å². The minimum atomic E-state index is -1.82. The van der Waals surface area contributed by atoms with E-state index in [4.69, 9.17) is 47.7 Å². The molecule has 7 nitrogen and oxygen atoms in total. The largest absolute Gasteiger partial charge is 0.493 e. The molecule has 0 saturated carbocycles. The zero-order chi connectivity index (χ0) is 17.2. The Labute approximate surface area is 142 Å². The molecular formula is C14H14Cl2N2O5. The van der Waals surface area contributed by atoms with Crippen LogP contribution in [0.25, 0.3) is 0 Å². The lowest BCUT2D eigenvalue weighted by atomic mass is 10.3. The summed E-state index contributed by atoms with van der Waals surface area (Å²) in [5, 5.41) is 15.8. The molecule has 0 aliphatic carbocycles. The molecular weight excluding hydrogens is 347 g/mol. The van der Waals surface area contributed by atoms with E-state index < -0.39 is 11.9 Å². The Kier molecular flexibility index (Phi) is 7.93. The second kappa shape index (κ2) is 9.70. The summed E-state index contributed by atoms with van der Waals surface area (Å²) in [5.74, 6) is -2.91. The highest BCUT2D eigenvalue weighted by molar-refractivity contribution is 6.42. The second-order valence-corrected chi connectivity index (χ2v) is 5.00. The molecule has 0 saturated heterocycles. The molecule has 0 aliphatic heterocycles. The van der Waals surface area contributed by atoms with Gasteiger partial charge < -0.3 is 19.5 Å². The van der Waals surface area contributed by atoms with E-state index in [2.05, 4.69) is 4.98 Å². The molecule has 2 N–H and O–H groups in total. The van der Waals surface area contributed by atoms with Crippen LogP contribution in [-0.2, 0) is 16.1 Å². The van der Waals surface area contributed by atoms with Crippen molar-refractivity contribution in [1.29, 1.82) is 0 Å². The van der Waals surface area contributed by atoms with Crippen LogP contribution in [0.5, 0.6) is 5.75 Å². The number of carboxylic acid groups (broad SMARTS) is 2. The monoisotopic (exact) mass is 360 g/mol. The summed E-state index contributed by atoms with van der Waals surface area (Å²) in [7, 11) is 0. The number of hydrogen-bond donors (Lipinski definition) is 2. The van der Waals surface area contributed by atoms with Crippen LogP contribution in [0.1, 0.15) is 6.42 Å². The summed E-state index contributed by atoms with van der Waals surface area (Å²) in [6.45, 7) is 1.53. The van der Waals surface area contributed by atoms with Gasteiger partial charge in [-0.3, -0.25) is 0 Å². The van der Waals surface area contributed by atoms with Crippen molar-refractivity contribution >= 4 is 35.1 Å². The van der Waals surface area contributed by atoms with Gasteiger partial charge in [0.25, 0.3) is 0 Å². The number of halogens is 2. The molecule has 0 spiro atoms. The first-order chi connectivity index (χ1) is 10.9. The summed E-state index contributed by atoms with van der Waals surface area (Å²) in [6.07, 6.45) is 6.40. The SMILES string of the molecule is Clc1ccc(OCCCn2ccnc2)cc1Cl.O=C(O)C(=O)O. The van der Waals surface area contributed by atoms with Crippen molar-refractivity contribution in [3.8, 4) is 5.75 Å². The van der Waals surface area contributed by atoms with E-state index in [0.29, 0.717) is 16.7 Å². The molecule has 1 aromatic carbocycles. The zero-order valence-corrected chi connectivity index (χ0v) is 13.4. The molecule has 0 unspecified atom stereocenters. The predicted molar refractivity (Wildman–Crippen MR) is 84.1 cm³/mol. The van der Waals surface area contributed by atoms with E-state index in [1.165, 1.54) is 0 Å². The normalized spacial score (nSPS) is 9.65. The number of imidazole rings is 1. The highest BCUT2D eigenvalue weighted by Gasteiger charge is 2.04. The van der Waals surface area contributed by atoms with Crippen molar-refractivity contribution in [2.45, 2.75) is 13.0 Å². The Morgan fingerprint density at radius 3 is 2.39 bits per heavy atom. The van der Waals surface area contributed by atoms with Gasteiger partial charge in [-0.15, -0.1) is 0 Å². The van der Waals surface area contributed by atoms with Gasteiger partial charge in [-0.25, -0.2) is 14.6 Å². The van der Waals surface area contributed by atoms with Crippen molar-refractivity contribution < 1.29 is 24.5 Å². The van der Waals surface area contributed by atoms with E-state index in [0.717, 1.165) is 18.7 Å². The Balaban J connectivity index is 0.000000379. The van der Waals surface area contributed by atoms with Crippen molar-refractivity contribution in [1.82, 2.24) is 9.55 Å². The van der Waals surface area contributed by atoms with Gasteiger partial charge in [-0.05, 0) is 18.6 Å². The van der Waals surface area contributed by atoms with Gasteiger partial charge in [0.1, 0.15) is 5.75 Å². The smallest absolute Gasteiger partial charge is 0.414 e.